The van der Waals surface area contributed by atoms with E-state index in [4.69, 9.17) is 4.74 Å². The van der Waals surface area contributed by atoms with Crippen molar-refractivity contribution in [3.8, 4) is 22.8 Å². The number of unbranched alkanes of at least 4 members (excludes halogenated alkanes) is 3. The van der Waals surface area contributed by atoms with Crippen LogP contribution in [0.4, 0.5) is 13.2 Å². The second-order valence-electron chi connectivity index (χ2n) is 14.0. The Labute approximate surface area is 280 Å². The number of rotatable bonds is 14. The fourth-order valence-corrected chi connectivity index (χ4v) is 7.58. The molecule has 3 aliphatic rings. The Balaban J connectivity index is 1.09. The second kappa shape index (κ2) is 14.9. The van der Waals surface area contributed by atoms with E-state index in [1.165, 1.54) is 18.1 Å². The van der Waals surface area contributed by atoms with Gasteiger partial charge in [-0.05, 0) is 111 Å². The van der Waals surface area contributed by atoms with E-state index in [1.807, 2.05) is 6.20 Å². The number of alkyl halides is 3. The smallest absolute Gasteiger partial charge is 0.490 e. The molecule has 1 aromatic heterocycles. The molecule has 2 aliphatic heterocycles. The highest BCUT2D eigenvalue weighted by molar-refractivity contribution is 5.71. The number of hydrogen-bond acceptors (Lipinski definition) is 6. The fourth-order valence-electron chi connectivity index (χ4n) is 7.58. The summed E-state index contributed by atoms with van der Waals surface area (Å²) >= 11 is 0. The Bertz CT molecular complexity index is 1550. The van der Waals surface area contributed by atoms with Crippen LogP contribution in [-0.4, -0.2) is 56.5 Å². The molecule has 2 fully saturated rings. The minimum absolute atomic E-state index is 0.00718. The van der Waals surface area contributed by atoms with Crippen LogP contribution in [0.3, 0.4) is 0 Å². The number of halogens is 3. The van der Waals surface area contributed by atoms with Crippen LogP contribution < -0.4 is 9.47 Å². The first kappa shape index (κ1) is 34.3. The molecular weight excluding hydrogens is 621 g/mol. The lowest BCUT2D eigenvalue weighted by molar-refractivity contribution is -0.275. The van der Waals surface area contributed by atoms with Crippen LogP contribution >= 0.6 is 0 Å². The molecule has 3 atom stereocenters. The Morgan fingerprint density at radius 2 is 1.85 bits per heavy atom. The Morgan fingerprint density at radius 3 is 2.56 bits per heavy atom. The molecule has 0 amide bonds. The monoisotopic (exact) mass is 668 g/mol. The Hall–Kier alpha value is -3.60. The minimum atomic E-state index is -4.79. The van der Waals surface area contributed by atoms with Gasteiger partial charge in [0.1, 0.15) is 23.3 Å². The number of fused-ring (bicyclic) bond motifs is 1. The van der Waals surface area contributed by atoms with E-state index in [0.29, 0.717) is 35.2 Å². The summed E-state index contributed by atoms with van der Waals surface area (Å²) in [5.74, 6) is 0.210. The lowest BCUT2D eigenvalue weighted by Crippen LogP contribution is -2.40. The minimum Gasteiger partial charge on any atom is -0.490 e. The Morgan fingerprint density at radius 1 is 1.06 bits per heavy atom. The molecule has 6 rings (SSSR count). The molecular formula is C37H47F3N4O4. The molecule has 1 saturated carbocycles. The zero-order valence-corrected chi connectivity index (χ0v) is 27.9. The van der Waals surface area contributed by atoms with E-state index in [0.717, 1.165) is 88.7 Å². The molecule has 1 aliphatic carbocycles. The fraction of sp³-hybridized carbons (Fsp3) is 0.595. The van der Waals surface area contributed by atoms with Gasteiger partial charge in [-0.2, -0.15) is 0 Å². The van der Waals surface area contributed by atoms with Crippen LogP contribution in [0.1, 0.15) is 94.2 Å². The van der Waals surface area contributed by atoms with Crippen molar-refractivity contribution < 1.29 is 32.5 Å². The van der Waals surface area contributed by atoms with E-state index in [9.17, 15) is 23.1 Å². The standard InChI is InChI=1S/C37H47F3N4O4/c1-3-4-5-6-17-44-23-31(41-42-44)28-12-14-33(48-37(38,39)40)30(20-28)22-43-18-15-26(16-19-43)32-13-11-25-7-10-29(21-34(25)47-32)35(27-8-9-27)24(2)36(45)46/h7,10,12,14,20-21,23-24,26-27,32,35H,3-6,8-9,11,13,15-19,22H2,1-2H3,(H,45,46)/t24-,32?,35-/m0/s1. The van der Waals surface area contributed by atoms with Crippen molar-refractivity contribution in [1.82, 2.24) is 19.9 Å². The van der Waals surface area contributed by atoms with Crippen LogP contribution in [0.2, 0.25) is 0 Å². The summed E-state index contributed by atoms with van der Waals surface area (Å²) < 4.78 is 52.9. The topological polar surface area (TPSA) is 89.7 Å². The Kier molecular flexibility index (Phi) is 10.6. The number of benzene rings is 2. The number of nitrogens with zero attached hydrogens (tertiary/aromatic N) is 4. The summed E-state index contributed by atoms with van der Waals surface area (Å²) in [6, 6.07) is 11.0. The summed E-state index contributed by atoms with van der Waals surface area (Å²) in [6.45, 7) is 6.53. The maximum atomic E-state index is 13.3. The molecule has 1 saturated heterocycles. The predicted octanol–water partition coefficient (Wildman–Crippen LogP) is 8.24. The van der Waals surface area contributed by atoms with E-state index in [-0.39, 0.29) is 17.8 Å². The summed E-state index contributed by atoms with van der Waals surface area (Å²) in [4.78, 5) is 14.0. The van der Waals surface area contributed by atoms with Gasteiger partial charge in [0.15, 0.2) is 0 Å². The first-order valence-electron chi connectivity index (χ1n) is 17.6. The van der Waals surface area contributed by atoms with Crippen molar-refractivity contribution in [2.24, 2.45) is 17.8 Å². The van der Waals surface area contributed by atoms with Gasteiger partial charge in [-0.15, -0.1) is 18.3 Å². The SMILES string of the molecule is CCCCCCn1cc(-c2ccc(OC(F)(F)F)c(CN3CCC(C4CCc5ccc([C@H](C6CC6)[C@H](C)C(=O)O)cc5O4)CC3)c2)nn1. The zero-order chi connectivity index (χ0) is 33.8. The van der Waals surface area contributed by atoms with Gasteiger partial charge in [-0.25, -0.2) is 0 Å². The predicted molar refractivity (Wildman–Crippen MR) is 176 cm³/mol. The number of aliphatic carboxylic acids is 1. The van der Waals surface area contributed by atoms with Gasteiger partial charge in [-0.3, -0.25) is 14.4 Å². The molecule has 260 valence electrons. The maximum Gasteiger partial charge on any atom is 0.573 e. The number of piperidine rings is 1. The van der Waals surface area contributed by atoms with Crippen molar-refractivity contribution in [1.29, 1.82) is 0 Å². The third-order valence-electron chi connectivity index (χ3n) is 10.4. The lowest BCUT2D eigenvalue weighted by atomic mass is 9.81. The van der Waals surface area contributed by atoms with E-state index < -0.39 is 18.2 Å². The lowest BCUT2D eigenvalue weighted by Gasteiger charge is -2.38. The van der Waals surface area contributed by atoms with Crippen LogP contribution in [0.25, 0.3) is 11.3 Å². The third-order valence-corrected chi connectivity index (χ3v) is 10.4. The maximum absolute atomic E-state index is 13.3. The second-order valence-corrected chi connectivity index (χ2v) is 14.0. The highest BCUT2D eigenvalue weighted by Crippen LogP contribution is 2.48. The first-order valence-corrected chi connectivity index (χ1v) is 17.6. The van der Waals surface area contributed by atoms with Crippen molar-refractivity contribution in [2.75, 3.05) is 13.1 Å². The van der Waals surface area contributed by atoms with Gasteiger partial charge in [0.2, 0.25) is 0 Å². The van der Waals surface area contributed by atoms with Crippen LogP contribution in [0.15, 0.2) is 42.6 Å². The third kappa shape index (κ3) is 8.51. The van der Waals surface area contributed by atoms with Crippen molar-refractivity contribution in [3.63, 3.8) is 0 Å². The van der Waals surface area contributed by atoms with E-state index in [2.05, 4.69) is 45.1 Å². The number of carboxylic acid groups (broad SMARTS) is 1. The molecule has 1 N–H and O–H groups in total. The number of carboxylic acids is 1. The van der Waals surface area contributed by atoms with Crippen molar-refractivity contribution >= 4 is 5.97 Å². The van der Waals surface area contributed by atoms with Gasteiger partial charge in [-0.1, -0.05) is 50.5 Å². The quantitative estimate of drug-likeness (QED) is 0.173. The number of carbonyl (C=O) groups is 1. The number of likely N-dealkylation sites (tertiary alicyclic amines) is 1. The first-order chi connectivity index (χ1) is 23.1. The van der Waals surface area contributed by atoms with Crippen LogP contribution in [0, 0.1) is 17.8 Å². The molecule has 1 unspecified atom stereocenters. The average Bonchev–Trinajstić information content (AvgIpc) is 3.78. The molecule has 2 aromatic carbocycles. The number of aryl methyl sites for hydroxylation is 2. The highest BCUT2D eigenvalue weighted by Gasteiger charge is 2.40. The summed E-state index contributed by atoms with van der Waals surface area (Å²) in [5, 5.41) is 18.3. The molecule has 48 heavy (non-hydrogen) atoms. The van der Waals surface area contributed by atoms with Gasteiger partial charge >= 0.3 is 12.3 Å². The molecule has 0 spiro atoms. The van der Waals surface area contributed by atoms with Gasteiger partial charge in [0.05, 0.1) is 12.1 Å². The van der Waals surface area contributed by atoms with Crippen molar-refractivity contribution in [2.45, 2.75) is 110 Å². The summed E-state index contributed by atoms with van der Waals surface area (Å²) in [7, 11) is 0. The molecule has 3 aromatic rings. The molecule has 8 nitrogen and oxygen atoms in total. The molecule has 3 heterocycles. The normalized spacial score (nSPS) is 20.1. The largest absolute Gasteiger partial charge is 0.573 e. The van der Waals surface area contributed by atoms with Gasteiger partial charge in [0.25, 0.3) is 0 Å². The highest BCUT2D eigenvalue weighted by atomic mass is 19.4. The van der Waals surface area contributed by atoms with Crippen LogP contribution in [-0.2, 0) is 24.3 Å². The van der Waals surface area contributed by atoms with Gasteiger partial charge < -0.3 is 14.6 Å². The number of ether oxygens (including phenoxy) is 2. The summed E-state index contributed by atoms with van der Waals surface area (Å²) in [6.07, 6.45) is 7.28. The summed E-state index contributed by atoms with van der Waals surface area (Å²) in [5.41, 5.74) is 4.03. The number of hydrogen-bond donors (Lipinski definition) is 1. The van der Waals surface area contributed by atoms with Crippen molar-refractivity contribution in [3.05, 3.63) is 59.3 Å². The molecule has 11 heteroatoms. The van der Waals surface area contributed by atoms with E-state index >= 15 is 0 Å². The average molecular weight is 669 g/mol. The van der Waals surface area contributed by atoms with Crippen LogP contribution in [0.5, 0.6) is 11.5 Å². The van der Waals surface area contributed by atoms with E-state index in [1.54, 1.807) is 23.7 Å². The zero-order valence-electron chi connectivity index (χ0n) is 27.9. The molecule has 0 radical (unpaired) electrons. The van der Waals surface area contributed by atoms with Gasteiger partial charge in [0, 0.05) is 24.2 Å². The molecule has 0 bridgehead atoms. The number of aromatic nitrogens is 3.